The van der Waals surface area contributed by atoms with Crippen LogP contribution in [0.15, 0.2) is 24.3 Å². The van der Waals surface area contributed by atoms with Crippen LogP contribution in [0.3, 0.4) is 0 Å². The lowest BCUT2D eigenvalue weighted by Crippen LogP contribution is -2.43. The van der Waals surface area contributed by atoms with Crippen LogP contribution < -0.4 is 11.1 Å². The van der Waals surface area contributed by atoms with Crippen molar-refractivity contribution in [1.82, 2.24) is 5.32 Å². The van der Waals surface area contributed by atoms with Gasteiger partial charge in [0.05, 0.1) is 0 Å². The molecule has 3 heteroatoms. The molecule has 19 heavy (non-hydrogen) atoms. The lowest BCUT2D eigenvalue weighted by atomic mass is 9.78. The number of nitrogens with two attached hydrogens (primary N) is 1. The van der Waals surface area contributed by atoms with Crippen molar-refractivity contribution in [2.75, 3.05) is 5.73 Å². The molecule has 104 valence electrons. The summed E-state index contributed by atoms with van der Waals surface area (Å²) >= 11 is 0. The summed E-state index contributed by atoms with van der Waals surface area (Å²) in [4.78, 5) is 12.2. The third kappa shape index (κ3) is 3.49. The molecule has 0 radical (unpaired) electrons. The van der Waals surface area contributed by atoms with E-state index in [4.69, 9.17) is 5.73 Å². The molecule has 0 heterocycles. The maximum atomic E-state index is 12.2. The van der Waals surface area contributed by atoms with E-state index in [1.165, 1.54) is 19.3 Å². The van der Waals surface area contributed by atoms with Gasteiger partial charge in [-0.25, -0.2) is 0 Å². The summed E-state index contributed by atoms with van der Waals surface area (Å²) in [6.07, 6.45) is 4.83. The number of benzene rings is 1. The van der Waals surface area contributed by atoms with Gasteiger partial charge in [-0.05, 0) is 48.9 Å². The molecule has 3 nitrogen and oxygen atoms in total. The van der Waals surface area contributed by atoms with Gasteiger partial charge >= 0.3 is 0 Å². The van der Waals surface area contributed by atoms with Gasteiger partial charge in [0.1, 0.15) is 0 Å². The van der Waals surface area contributed by atoms with Gasteiger partial charge in [-0.15, -0.1) is 0 Å². The van der Waals surface area contributed by atoms with Crippen molar-refractivity contribution in [3.8, 4) is 0 Å². The first-order chi connectivity index (χ1) is 9.08. The minimum Gasteiger partial charge on any atom is -0.399 e. The third-order valence-corrected chi connectivity index (χ3v) is 4.17. The van der Waals surface area contributed by atoms with Crippen LogP contribution in [-0.2, 0) is 0 Å². The zero-order chi connectivity index (χ0) is 13.8. The molecule has 2 unspecified atom stereocenters. The predicted molar refractivity (Wildman–Crippen MR) is 78.9 cm³/mol. The molecule has 2 atom stereocenters. The summed E-state index contributed by atoms with van der Waals surface area (Å²) in [5.74, 6) is 1.25. The van der Waals surface area contributed by atoms with Crippen molar-refractivity contribution in [2.45, 2.75) is 45.6 Å². The summed E-state index contributed by atoms with van der Waals surface area (Å²) in [5, 5.41) is 3.21. The largest absolute Gasteiger partial charge is 0.399 e. The van der Waals surface area contributed by atoms with E-state index < -0.39 is 0 Å². The molecule has 0 saturated heterocycles. The molecule has 0 aromatic heterocycles. The van der Waals surface area contributed by atoms with Crippen molar-refractivity contribution in [3.63, 3.8) is 0 Å². The van der Waals surface area contributed by atoms with Crippen LogP contribution in [0.2, 0.25) is 0 Å². The fourth-order valence-corrected chi connectivity index (χ4v) is 3.02. The normalized spacial score (nSPS) is 23.3. The van der Waals surface area contributed by atoms with Crippen LogP contribution >= 0.6 is 0 Å². The Balaban J connectivity index is 2.02. The van der Waals surface area contributed by atoms with Crippen LogP contribution in [0.5, 0.6) is 0 Å². The molecule has 2 rings (SSSR count). The number of hydrogen-bond acceptors (Lipinski definition) is 2. The minimum absolute atomic E-state index is 0.0255. The van der Waals surface area contributed by atoms with Crippen molar-refractivity contribution < 1.29 is 4.79 Å². The van der Waals surface area contributed by atoms with Gasteiger partial charge < -0.3 is 11.1 Å². The van der Waals surface area contributed by atoms with Gasteiger partial charge in [0.25, 0.3) is 5.91 Å². The zero-order valence-electron chi connectivity index (χ0n) is 11.9. The highest BCUT2D eigenvalue weighted by molar-refractivity contribution is 5.94. The van der Waals surface area contributed by atoms with Crippen LogP contribution in [-0.4, -0.2) is 11.9 Å². The third-order valence-electron chi connectivity index (χ3n) is 4.17. The molecule has 0 spiro atoms. The number of rotatable bonds is 3. The number of nitrogen functional groups attached to an aromatic ring is 1. The van der Waals surface area contributed by atoms with E-state index in [9.17, 15) is 4.79 Å². The lowest BCUT2D eigenvalue weighted by molar-refractivity contribution is 0.0889. The topological polar surface area (TPSA) is 55.1 Å². The van der Waals surface area contributed by atoms with E-state index >= 15 is 0 Å². The lowest BCUT2D eigenvalue weighted by Gasteiger charge is -2.34. The highest BCUT2D eigenvalue weighted by Gasteiger charge is 2.28. The van der Waals surface area contributed by atoms with E-state index in [1.54, 1.807) is 24.3 Å². The molecular formula is C16H24N2O. The number of anilines is 1. The van der Waals surface area contributed by atoms with Crippen LogP contribution in [0.1, 0.15) is 49.9 Å². The van der Waals surface area contributed by atoms with E-state index in [0.717, 1.165) is 6.42 Å². The van der Waals surface area contributed by atoms with Crippen molar-refractivity contribution in [1.29, 1.82) is 0 Å². The number of nitrogens with one attached hydrogen (secondary N) is 1. The Morgan fingerprint density at radius 3 is 2.47 bits per heavy atom. The van der Waals surface area contributed by atoms with E-state index in [2.05, 4.69) is 19.2 Å². The van der Waals surface area contributed by atoms with Crippen molar-refractivity contribution in [3.05, 3.63) is 29.8 Å². The summed E-state index contributed by atoms with van der Waals surface area (Å²) in [5.41, 5.74) is 7.03. The van der Waals surface area contributed by atoms with Crippen LogP contribution in [0.4, 0.5) is 5.69 Å². The SMILES string of the molecule is CC(C)C1CCCCC1NC(=O)c1ccc(N)cc1. The van der Waals surface area contributed by atoms with Crippen LogP contribution in [0.25, 0.3) is 0 Å². The second-order valence-electron chi connectivity index (χ2n) is 5.89. The fraction of sp³-hybridized carbons (Fsp3) is 0.562. The number of carbonyl (C=O) groups is 1. The molecule has 1 aromatic carbocycles. The molecule has 1 amide bonds. The first kappa shape index (κ1) is 13.9. The average molecular weight is 260 g/mol. The van der Waals surface area contributed by atoms with Gasteiger partial charge in [-0.2, -0.15) is 0 Å². The van der Waals surface area contributed by atoms with E-state index in [0.29, 0.717) is 29.1 Å². The van der Waals surface area contributed by atoms with Gasteiger partial charge in [0.2, 0.25) is 0 Å². The Morgan fingerprint density at radius 2 is 1.84 bits per heavy atom. The average Bonchev–Trinajstić information content (AvgIpc) is 2.39. The molecular weight excluding hydrogens is 236 g/mol. The fourth-order valence-electron chi connectivity index (χ4n) is 3.02. The monoisotopic (exact) mass is 260 g/mol. The number of hydrogen-bond donors (Lipinski definition) is 2. The van der Waals surface area contributed by atoms with Gasteiger partial charge in [0, 0.05) is 17.3 Å². The molecule has 1 aliphatic rings. The summed E-state index contributed by atoms with van der Waals surface area (Å²) in [6.45, 7) is 4.50. The first-order valence-corrected chi connectivity index (χ1v) is 7.24. The molecule has 1 aliphatic carbocycles. The second-order valence-corrected chi connectivity index (χ2v) is 5.89. The van der Waals surface area contributed by atoms with Crippen molar-refractivity contribution in [2.24, 2.45) is 11.8 Å². The molecule has 1 fully saturated rings. The molecule has 1 aromatic rings. The minimum atomic E-state index is 0.0255. The zero-order valence-corrected chi connectivity index (χ0v) is 11.9. The van der Waals surface area contributed by atoms with Gasteiger partial charge in [-0.3, -0.25) is 4.79 Å². The Labute approximate surface area is 115 Å². The Bertz CT molecular complexity index is 425. The molecule has 0 bridgehead atoms. The molecule has 3 N–H and O–H groups in total. The first-order valence-electron chi connectivity index (χ1n) is 7.24. The predicted octanol–water partition coefficient (Wildman–Crippen LogP) is 3.21. The van der Waals surface area contributed by atoms with Crippen LogP contribution in [0, 0.1) is 11.8 Å². The maximum Gasteiger partial charge on any atom is 0.251 e. The summed E-state index contributed by atoms with van der Waals surface area (Å²) in [6, 6.07) is 7.44. The summed E-state index contributed by atoms with van der Waals surface area (Å²) in [7, 11) is 0. The molecule has 0 aliphatic heterocycles. The number of amides is 1. The highest BCUT2D eigenvalue weighted by atomic mass is 16.1. The van der Waals surface area contributed by atoms with Gasteiger partial charge in [-0.1, -0.05) is 26.7 Å². The maximum absolute atomic E-state index is 12.2. The quantitative estimate of drug-likeness (QED) is 0.820. The highest BCUT2D eigenvalue weighted by Crippen LogP contribution is 2.30. The standard InChI is InChI=1S/C16H24N2O/c1-11(2)14-5-3-4-6-15(14)18-16(19)12-7-9-13(17)10-8-12/h7-11,14-15H,3-6,17H2,1-2H3,(H,18,19). The van der Waals surface area contributed by atoms with E-state index in [1.807, 2.05) is 0 Å². The second kappa shape index (κ2) is 6.09. The molecule has 1 saturated carbocycles. The van der Waals surface area contributed by atoms with Crippen molar-refractivity contribution >= 4 is 11.6 Å². The Morgan fingerprint density at radius 1 is 1.21 bits per heavy atom. The smallest absolute Gasteiger partial charge is 0.251 e. The van der Waals surface area contributed by atoms with Gasteiger partial charge in [0.15, 0.2) is 0 Å². The Kier molecular flexibility index (Phi) is 4.46. The van der Waals surface area contributed by atoms with E-state index in [-0.39, 0.29) is 5.91 Å². The Hall–Kier alpha value is -1.51. The number of carbonyl (C=O) groups excluding carboxylic acids is 1. The summed E-state index contributed by atoms with van der Waals surface area (Å²) < 4.78 is 0.